The van der Waals surface area contributed by atoms with Gasteiger partial charge in [-0.05, 0) is 0 Å². The Morgan fingerprint density at radius 3 is 1.90 bits per heavy atom. The van der Waals surface area contributed by atoms with Crippen molar-refractivity contribution in [3.05, 3.63) is 0 Å². The zero-order chi connectivity index (χ0) is 23.1. The summed E-state index contributed by atoms with van der Waals surface area (Å²) in [6.07, 6.45) is -15.9. The molecule has 12 N–H and O–H groups in total. The Morgan fingerprint density at radius 2 is 1.48 bits per heavy atom. The average Bonchev–Trinajstić information content (AvgIpc) is 2.65. The molecule has 0 aliphatic carbocycles. The van der Waals surface area contributed by atoms with Crippen molar-refractivity contribution in [2.75, 3.05) is 13.2 Å². The first-order valence-corrected chi connectivity index (χ1v) is 9.30. The van der Waals surface area contributed by atoms with Gasteiger partial charge in [0.2, 0.25) is 0 Å². The summed E-state index contributed by atoms with van der Waals surface area (Å²) in [7, 11) is -4.73. The van der Waals surface area contributed by atoms with Crippen molar-refractivity contribution in [2.45, 2.75) is 55.1 Å². The first-order valence-electron chi connectivity index (χ1n) is 7.77. The molecule has 1 heterocycles. The van der Waals surface area contributed by atoms with Gasteiger partial charge >= 0.3 is 13.8 Å². The van der Waals surface area contributed by atoms with Crippen LogP contribution in [0.3, 0.4) is 0 Å². The molecule has 0 radical (unpaired) electrons. The summed E-state index contributed by atoms with van der Waals surface area (Å²) in [6, 6.07) is 0. The minimum atomic E-state index is -4.73. The largest absolute Gasteiger partial charge is 0.479 e. The third-order valence-electron chi connectivity index (χ3n) is 3.60. The number of hydrogen-bond donors (Lipinski definition) is 12. The van der Waals surface area contributed by atoms with Crippen molar-refractivity contribution in [1.82, 2.24) is 0 Å². The molecular weight excluding hydrogens is 431 g/mol. The number of carboxylic acids is 1. The summed E-state index contributed by atoms with van der Waals surface area (Å²) < 4.78 is 19.0. The number of phosphoric acid groups is 1. The first kappa shape index (κ1) is 28.2. The molecule has 1 fully saturated rings. The van der Waals surface area contributed by atoms with Crippen LogP contribution in [0, 0.1) is 0 Å². The minimum absolute atomic E-state index is 0.730. The Bertz CT molecular complexity index is 540. The van der Waals surface area contributed by atoms with E-state index in [2.05, 4.69) is 9.26 Å². The van der Waals surface area contributed by atoms with Gasteiger partial charge < -0.3 is 65.6 Å². The molecule has 0 unspecified atom stereocenters. The van der Waals surface area contributed by atoms with E-state index in [-0.39, 0.29) is 0 Å². The Balaban J connectivity index is 0.000000555. The molecule has 0 aromatic carbocycles. The van der Waals surface area contributed by atoms with Crippen molar-refractivity contribution in [3.63, 3.8) is 0 Å². The number of rotatable bonds is 8. The third-order valence-corrected chi connectivity index (χ3v) is 4.09. The summed E-state index contributed by atoms with van der Waals surface area (Å²) >= 11 is 0. The van der Waals surface area contributed by atoms with Crippen LogP contribution < -0.4 is 0 Å². The van der Waals surface area contributed by atoms with Crippen molar-refractivity contribution in [3.8, 4) is 0 Å². The van der Waals surface area contributed by atoms with E-state index in [4.69, 9.17) is 50.6 Å². The Hall–Kier alpha value is -0.820. The number of hydrogen-bond acceptors (Lipinski definition) is 13. The molecule has 1 aliphatic rings. The lowest BCUT2D eigenvalue weighted by molar-refractivity contribution is -0.285. The minimum Gasteiger partial charge on any atom is -0.479 e. The van der Waals surface area contributed by atoms with Gasteiger partial charge in [0, 0.05) is 0 Å². The second-order valence-electron chi connectivity index (χ2n) is 5.84. The van der Waals surface area contributed by atoms with Crippen molar-refractivity contribution >= 4 is 13.8 Å². The molecule has 1 rings (SSSR count). The molecule has 1 saturated heterocycles. The van der Waals surface area contributed by atoms with E-state index < -0.39 is 82.1 Å². The quantitative estimate of drug-likeness (QED) is 0.151. The van der Waals surface area contributed by atoms with Gasteiger partial charge in [0.15, 0.2) is 12.4 Å². The topological polar surface area (TPSA) is 295 Å². The highest BCUT2D eigenvalue weighted by molar-refractivity contribution is 7.46. The summed E-state index contributed by atoms with van der Waals surface area (Å²) in [5.74, 6) is -1.73. The summed E-state index contributed by atoms with van der Waals surface area (Å²) in [6.45, 7) is -1.57. The van der Waals surface area contributed by atoms with E-state index in [9.17, 15) is 19.6 Å². The second kappa shape index (κ2) is 12.1. The zero-order valence-electron chi connectivity index (χ0n) is 14.6. The van der Waals surface area contributed by atoms with Crippen LogP contribution in [0.5, 0.6) is 0 Å². The fraction of sp³-hybridized carbons (Fsp3) is 0.917. The number of phosphoric ester groups is 1. The Labute approximate surface area is 162 Å². The molecule has 16 nitrogen and oxygen atoms in total. The highest BCUT2D eigenvalue weighted by Gasteiger charge is 2.43. The molecule has 174 valence electrons. The number of carboxylic acid groups (broad SMARTS) is 1. The number of aliphatic hydroxyl groups excluding tert-OH is 9. The standard InChI is InChI=1S/C6H13O9P.C6H12O7/c7-3-2(1-14-16(11,12)13)15-6(10)5(9)4(3)8;7-1-2(8)3(9)4(10)5(11)6(12)13/h2-10H,1H2,(H2,11,12,13);2-5,7-11H,1H2,(H,12,13)/t2-,3-,4+,5-,6+;2-,3-,4+,5-/m11/s1. The zero-order valence-corrected chi connectivity index (χ0v) is 15.5. The summed E-state index contributed by atoms with van der Waals surface area (Å²) in [5.41, 5.74) is 0. The fourth-order valence-corrected chi connectivity index (χ4v) is 2.25. The van der Waals surface area contributed by atoms with E-state index in [0.29, 0.717) is 0 Å². The van der Waals surface area contributed by atoms with Gasteiger partial charge in [0.1, 0.15) is 42.7 Å². The molecule has 0 amide bonds. The van der Waals surface area contributed by atoms with E-state index in [1.807, 2.05) is 0 Å². The molecular formula is C12H25O16P. The molecule has 0 aromatic rings. The predicted molar refractivity (Wildman–Crippen MR) is 85.6 cm³/mol. The number of aliphatic hydroxyl groups is 9. The monoisotopic (exact) mass is 456 g/mol. The van der Waals surface area contributed by atoms with Gasteiger partial charge in [-0.15, -0.1) is 0 Å². The number of carbonyl (C=O) groups is 1. The highest BCUT2D eigenvalue weighted by Crippen LogP contribution is 2.36. The lowest BCUT2D eigenvalue weighted by Gasteiger charge is -2.38. The maximum Gasteiger partial charge on any atom is 0.469 e. The lowest BCUT2D eigenvalue weighted by Crippen LogP contribution is -2.58. The summed E-state index contributed by atoms with van der Waals surface area (Å²) in [5, 5.41) is 88.5. The predicted octanol–water partition coefficient (Wildman–Crippen LogP) is -6.60. The average molecular weight is 456 g/mol. The van der Waals surface area contributed by atoms with Crippen LogP contribution in [0.25, 0.3) is 0 Å². The lowest BCUT2D eigenvalue weighted by atomic mass is 10.00. The van der Waals surface area contributed by atoms with Crippen LogP contribution in [0.2, 0.25) is 0 Å². The Kier molecular flexibility index (Phi) is 11.8. The van der Waals surface area contributed by atoms with Gasteiger partial charge in [-0.25, -0.2) is 9.36 Å². The summed E-state index contributed by atoms with van der Waals surface area (Å²) in [4.78, 5) is 26.9. The molecule has 29 heavy (non-hydrogen) atoms. The van der Waals surface area contributed by atoms with Crippen LogP contribution in [0.15, 0.2) is 0 Å². The highest BCUT2D eigenvalue weighted by atomic mass is 31.2. The van der Waals surface area contributed by atoms with Crippen molar-refractivity contribution in [1.29, 1.82) is 0 Å². The van der Waals surface area contributed by atoms with Gasteiger partial charge in [-0.1, -0.05) is 0 Å². The van der Waals surface area contributed by atoms with E-state index in [0.717, 1.165) is 0 Å². The first-order chi connectivity index (χ1) is 13.1. The Morgan fingerprint density at radius 1 is 0.966 bits per heavy atom. The molecule has 0 saturated carbocycles. The van der Waals surface area contributed by atoms with Crippen LogP contribution in [-0.2, 0) is 18.6 Å². The van der Waals surface area contributed by atoms with Gasteiger partial charge in [0.25, 0.3) is 0 Å². The van der Waals surface area contributed by atoms with Crippen LogP contribution in [0.4, 0.5) is 0 Å². The third kappa shape index (κ3) is 9.24. The fourth-order valence-electron chi connectivity index (χ4n) is 1.91. The molecule has 1 aliphatic heterocycles. The number of aliphatic carboxylic acids is 1. The number of ether oxygens (including phenoxy) is 1. The van der Waals surface area contributed by atoms with Crippen molar-refractivity contribution in [2.24, 2.45) is 0 Å². The van der Waals surface area contributed by atoms with Crippen LogP contribution in [0.1, 0.15) is 0 Å². The van der Waals surface area contributed by atoms with E-state index in [1.54, 1.807) is 0 Å². The van der Waals surface area contributed by atoms with Crippen LogP contribution >= 0.6 is 7.82 Å². The van der Waals surface area contributed by atoms with Gasteiger partial charge in [0.05, 0.1) is 13.2 Å². The smallest absolute Gasteiger partial charge is 0.469 e. The molecule has 0 bridgehead atoms. The SMILES string of the molecule is O=C(O)[C@H](O)[C@@H](O)[C@H](O)[C@H](O)CO.O=P(O)(O)OC[C@H]1O[C@H](O)[C@H](O)[C@@H](O)[C@@H]1O. The van der Waals surface area contributed by atoms with Gasteiger partial charge in [-0.3, -0.25) is 4.52 Å². The van der Waals surface area contributed by atoms with Crippen molar-refractivity contribution < 1.29 is 79.5 Å². The van der Waals surface area contributed by atoms with E-state index in [1.165, 1.54) is 0 Å². The van der Waals surface area contributed by atoms with Gasteiger partial charge in [-0.2, -0.15) is 0 Å². The molecule has 0 aromatic heterocycles. The molecule has 9 atom stereocenters. The maximum atomic E-state index is 10.4. The normalized spacial score (nSPS) is 31.8. The maximum absolute atomic E-state index is 10.4. The molecule has 0 spiro atoms. The van der Waals surface area contributed by atoms with Crippen LogP contribution in [-0.4, -0.2) is 135 Å². The molecule has 17 heteroatoms. The second-order valence-corrected chi connectivity index (χ2v) is 7.08. The van der Waals surface area contributed by atoms with E-state index >= 15 is 0 Å².